The van der Waals surface area contributed by atoms with E-state index in [4.69, 9.17) is 9.47 Å². The third-order valence-corrected chi connectivity index (χ3v) is 10.4. The standard InChI is InChI=1S/C34H36N8O7S/c1-4-40(42-36-22-35-38-42)34(45)39-20-25(29-19-26(16-17-30(29)39)37-33(44)49-27-12-6-7-13-27)21-41(32(43)24-11-9-14-28(18-24)48-3)50(46,47)31-15-8-5-10-23(31)2/h5,8-11,14-20,22,27H,4,6-7,12-13,21H2,1-3H3,(H,37,44). The van der Waals surface area contributed by atoms with Gasteiger partial charge in [-0.3, -0.25) is 14.7 Å². The molecule has 2 heterocycles. The van der Waals surface area contributed by atoms with Crippen LogP contribution in [0.5, 0.6) is 5.75 Å². The number of nitrogens with zero attached hydrogens (tertiary/aromatic N) is 7. The Kier molecular flexibility index (Phi) is 9.81. The van der Waals surface area contributed by atoms with Crippen molar-refractivity contribution in [3.63, 3.8) is 0 Å². The number of fused-ring (bicyclic) bond motifs is 1. The van der Waals surface area contributed by atoms with Crippen LogP contribution in [0.2, 0.25) is 0 Å². The van der Waals surface area contributed by atoms with Crippen LogP contribution >= 0.6 is 0 Å². The maximum atomic E-state index is 14.4. The molecule has 50 heavy (non-hydrogen) atoms. The van der Waals surface area contributed by atoms with E-state index in [1.807, 2.05) is 0 Å². The van der Waals surface area contributed by atoms with Crippen molar-refractivity contribution in [1.82, 2.24) is 29.2 Å². The van der Waals surface area contributed by atoms with Crippen LogP contribution in [0, 0.1) is 6.92 Å². The first-order valence-corrected chi connectivity index (χ1v) is 17.5. The topological polar surface area (TPSA) is 171 Å². The van der Waals surface area contributed by atoms with E-state index < -0.39 is 34.6 Å². The number of hydrogen-bond donors (Lipinski definition) is 1. The summed E-state index contributed by atoms with van der Waals surface area (Å²) in [5.41, 5.74) is 1.55. The van der Waals surface area contributed by atoms with Crippen molar-refractivity contribution in [2.24, 2.45) is 0 Å². The first kappa shape index (κ1) is 34.1. The fourth-order valence-electron chi connectivity index (χ4n) is 5.99. The predicted octanol–water partition coefficient (Wildman–Crippen LogP) is 5.09. The molecule has 15 nitrogen and oxygen atoms in total. The summed E-state index contributed by atoms with van der Waals surface area (Å²) in [4.78, 5) is 42.0. The molecule has 1 aliphatic rings. The fraction of sp³-hybridized carbons (Fsp3) is 0.294. The lowest BCUT2D eigenvalue weighted by Gasteiger charge is -2.24. The summed E-state index contributed by atoms with van der Waals surface area (Å²) in [6.07, 6.45) is 5.43. The van der Waals surface area contributed by atoms with Gasteiger partial charge in [-0.05, 0) is 98.3 Å². The Bertz CT molecular complexity index is 2140. The molecule has 5 aromatic rings. The summed E-state index contributed by atoms with van der Waals surface area (Å²) in [6, 6.07) is 16.8. The average molecular weight is 701 g/mol. The van der Waals surface area contributed by atoms with E-state index in [2.05, 4.69) is 20.7 Å². The Morgan fingerprint density at radius 3 is 2.50 bits per heavy atom. The van der Waals surface area contributed by atoms with Gasteiger partial charge in [0, 0.05) is 29.4 Å². The molecule has 6 rings (SSSR count). The molecular weight excluding hydrogens is 664 g/mol. The van der Waals surface area contributed by atoms with E-state index in [1.54, 1.807) is 62.4 Å². The number of carbonyl (C=O) groups is 3. The van der Waals surface area contributed by atoms with Crippen molar-refractivity contribution in [3.8, 4) is 5.75 Å². The van der Waals surface area contributed by atoms with Gasteiger partial charge in [0.1, 0.15) is 11.9 Å². The number of benzene rings is 3. The highest BCUT2D eigenvalue weighted by molar-refractivity contribution is 7.89. The summed E-state index contributed by atoms with van der Waals surface area (Å²) in [6.45, 7) is 3.08. The van der Waals surface area contributed by atoms with Gasteiger partial charge < -0.3 is 9.47 Å². The lowest BCUT2D eigenvalue weighted by Crippen LogP contribution is -2.44. The van der Waals surface area contributed by atoms with Crippen molar-refractivity contribution in [2.75, 3.05) is 24.0 Å². The van der Waals surface area contributed by atoms with Crippen LogP contribution in [-0.4, -0.2) is 75.4 Å². The Morgan fingerprint density at radius 1 is 1.02 bits per heavy atom. The van der Waals surface area contributed by atoms with E-state index in [9.17, 15) is 22.8 Å². The summed E-state index contributed by atoms with van der Waals surface area (Å²) < 4.78 is 41.7. The maximum absolute atomic E-state index is 14.4. The Balaban J connectivity index is 1.47. The van der Waals surface area contributed by atoms with Crippen LogP contribution in [-0.2, 0) is 21.3 Å². The lowest BCUT2D eigenvalue weighted by molar-refractivity contribution is 0.0854. The van der Waals surface area contributed by atoms with Crippen molar-refractivity contribution in [3.05, 3.63) is 95.9 Å². The van der Waals surface area contributed by atoms with Crippen molar-refractivity contribution in [1.29, 1.82) is 0 Å². The van der Waals surface area contributed by atoms with E-state index in [0.29, 0.717) is 33.5 Å². The van der Waals surface area contributed by atoms with E-state index in [-0.39, 0.29) is 23.1 Å². The van der Waals surface area contributed by atoms with Gasteiger partial charge in [-0.15, -0.1) is 10.2 Å². The molecule has 3 amide bonds. The third-order valence-electron chi connectivity index (χ3n) is 8.51. The lowest BCUT2D eigenvalue weighted by atomic mass is 10.1. The molecule has 3 aromatic carbocycles. The number of anilines is 1. The largest absolute Gasteiger partial charge is 0.497 e. The van der Waals surface area contributed by atoms with Crippen LogP contribution in [0.4, 0.5) is 15.3 Å². The zero-order valence-corrected chi connectivity index (χ0v) is 28.5. The summed E-state index contributed by atoms with van der Waals surface area (Å²) >= 11 is 0. The van der Waals surface area contributed by atoms with Crippen molar-refractivity contribution < 1.29 is 32.3 Å². The van der Waals surface area contributed by atoms with Gasteiger partial charge in [-0.25, -0.2) is 22.3 Å². The fourth-order valence-corrected chi connectivity index (χ4v) is 7.58. The number of ether oxygens (including phenoxy) is 2. The number of amides is 3. The van der Waals surface area contributed by atoms with Gasteiger partial charge in [0.05, 0.1) is 24.1 Å². The smallest absolute Gasteiger partial charge is 0.411 e. The number of carbonyl (C=O) groups excluding carboxylic acids is 3. The maximum Gasteiger partial charge on any atom is 0.411 e. The first-order valence-electron chi connectivity index (χ1n) is 16.0. The van der Waals surface area contributed by atoms with E-state index >= 15 is 0 Å². The van der Waals surface area contributed by atoms with Gasteiger partial charge in [-0.2, -0.15) is 5.01 Å². The molecule has 260 valence electrons. The van der Waals surface area contributed by atoms with Gasteiger partial charge in [0.2, 0.25) is 0 Å². The van der Waals surface area contributed by atoms with Gasteiger partial charge >= 0.3 is 12.1 Å². The van der Waals surface area contributed by atoms with E-state index in [1.165, 1.54) is 47.4 Å². The minimum Gasteiger partial charge on any atom is -0.497 e. The predicted molar refractivity (Wildman–Crippen MR) is 183 cm³/mol. The number of nitrogens with one attached hydrogen (secondary N) is 1. The summed E-state index contributed by atoms with van der Waals surface area (Å²) in [7, 11) is -3.01. The summed E-state index contributed by atoms with van der Waals surface area (Å²) in [5, 5.41) is 15.9. The van der Waals surface area contributed by atoms with Crippen LogP contribution in [0.3, 0.4) is 0 Å². The van der Waals surface area contributed by atoms with Gasteiger partial charge in [-0.1, -0.05) is 29.2 Å². The van der Waals surface area contributed by atoms with E-state index in [0.717, 1.165) is 34.9 Å². The highest BCUT2D eigenvalue weighted by atomic mass is 32.2. The second kappa shape index (κ2) is 14.4. The molecule has 0 atom stereocenters. The molecule has 0 spiro atoms. The zero-order chi connectivity index (χ0) is 35.4. The highest BCUT2D eigenvalue weighted by Gasteiger charge is 2.33. The number of aromatic nitrogens is 5. The molecule has 1 fully saturated rings. The zero-order valence-electron chi connectivity index (χ0n) is 27.7. The molecule has 0 radical (unpaired) electrons. The monoisotopic (exact) mass is 700 g/mol. The van der Waals surface area contributed by atoms with Crippen molar-refractivity contribution in [2.45, 2.75) is 57.1 Å². The quantitative estimate of drug-likeness (QED) is 0.207. The Hall–Kier alpha value is -5.77. The third kappa shape index (κ3) is 6.87. The van der Waals surface area contributed by atoms with Crippen LogP contribution < -0.4 is 15.1 Å². The number of hydrogen-bond acceptors (Lipinski definition) is 10. The Morgan fingerprint density at radius 2 is 1.80 bits per heavy atom. The second-order valence-corrected chi connectivity index (χ2v) is 13.5. The number of aryl methyl sites for hydroxylation is 1. The normalized spacial score (nSPS) is 13.3. The molecule has 1 saturated carbocycles. The number of tetrazole rings is 1. The first-order chi connectivity index (χ1) is 24.1. The minimum atomic E-state index is -4.46. The molecule has 0 unspecified atom stereocenters. The molecule has 1 aliphatic carbocycles. The van der Waals surface area contributed by atoms with Crippen LogP contribution in [0.15, 0.2) is 84.1 Å². The van der Waals surface area contributed by atoms with Crippen LogP contribution in [0.1, 0.15) is 54.1 Å². The average Bonchev–Trinajstić information content (AvgIpc) is 3.90. The molecule has 16 heteroatoms. The van der Waals surface area contributed by atoms with Gasteiger partial charge in [0.25, 0.3) is 15.9 Å². The van der Waals surface area contributed by atoms with Gasteiger partial charge in [0.15, 0.2) is 6.33 Å². The molecule has 0 bridgehead atoms. The van der Waals surface area contributed by atoms with Crippen molar-refractivity contribution >= 4 is 44.6 Å². The molecule has 0 saturated heterocycles. The minimum absolute atomic E-state index is 0.0533. The van der Waals surface area contributed by atoms with Crippen LogP contribution in [0.25, 0.3) is 10.9 Å². The molecule has 0 aliphatic heterocycles. The molecule has 2 aromatic heterocycles. The number of methoxy groups -OCH3 is 1. The summed E-state index contributed by atoms with van der Waals surface area (Å²) in [5.74, 6) is -0.441. The second-order valence-electron chi connectivity index (χ2n) is 11.7. The molecular formula is C34H36N8O7S. The number of sulfonamides is 1. The molecule has 1 N–H and O–H groups in total. The SMILES string of the molecule is CCN(C(=O)n1cc(CN(C(=O)c2cccc(OC)c2)S(=O)(=O)c2ccccc2C)c2cc(NC(=O)OC3CCCC3)ccc21)n1ncnn1. The Labute approximate surface area is 288 Å². The number of rotatable bonds is 10. The highest BCUT2D eigenvalue weighted by Crippen LogP contribution is 2.31.